The molecule has 0 saturated carbocycles. The van der Waals surface area contributed by atoms with Gasteiger partial charge in [-0.05, 0) is 62.6 Å². The number of urea groups is 1. The van der Waals surface area contributed by atoms with Gasteiger partial charge < -0.3 is 30.5 Å². The zero-order chi connectivity index (χ0) is 30.8. The number of nitrogens with one attached hydrogen (secondary N) is 4. The number of hydrogen-bond donors (Lipinski definition) is 4. The van der Waals surface area contributed by atoms with Crippen LogP contribution in [0.1, 0.15) is 48.0 Å². The first kappa shape index (κ1) is 31.1. The van der Waals surface area contributed by atoms with Crippen LogP contribution in [0.2, 0.25) is 0 Å². The number of rotatable bonds is 7. The molecule has 0 aromatic heterocycles. The minimum absolute atomic E-state index is 0.0825. The maximum absolute atomic E-state index is 14.1. The Kier molecular flexibility index (Phi) is 9.30. The molecule has 228 valence electrons. The highest BCUT2D eigenvalue weighted by atomic mass is 16.6. The van der Waals surface area contributed by atoms with Crippen LogP contribution in [0, 0.1) is 5.41 Å². The van der Waals surface area contributed by atoms with Gasteiger partial charge in [0.05, 0.1) is 24.7 Å². The number of nitrogens with zero attached hydrogens (tertiary/aromatic N) is 2. The number of likely N-dealkylation sites (tertiary alicyclic amines) is 2. The van der Waals surface area contributed by atoms with Crippen molar-refractivity contribution in [3.63, 3.8) is 0 Å². The lowest BCUT2D eigenvalue weighted by Crippen LogP contribution is -2.59. The van der Waals surface area contributed by atoms with Crippen molar-refractivity contribution in [2.45, 2.75) is 84.3 Å². The van der Waals surface area contributed by atoms with E-state index >= 15 is 0 Å². The lowest BCUT2D eigenvalue weighted by molar-refractivity contribution is -0.141. The molecule has 2 fully saturated rings. The molecule has 4 N–H and O–H groups in total. The zero-order valence-electron chi connectivity index (χ0n) is 25.6. The zero-order valence-corrected chi connectivity index (χ0v) is 25.6. The lowest BCUT2D eigenvalue weighted by atomic mass is 9.85. The molecular weight excluding hydrogens is 536 g/mol. The van der Waals surface area contributed by atoms with Crippen molar-refractivity contribution in [1.29, 1.82) is 0 Å². The van der Waals surface area contributed by atoms with Crippen molar-refractivity contribution in [3.8, 4) is 0 Å². The topological polar surface area (TPSA) is 132 Å². The van der Waals surface area contributed by atoms with Gasteiger partial charge >= 0.3 is 12.1 Å². The second-order valence-corrected chi connectivity index (χ2v) is 12.6. The van der Waals surface area contributed by atoms with Gasteiger partial charge in [-0.25, -0.2) is 9.59 Å². The first-order chi connectivity index (χ1) is 19.8. The van der Waals surface area contributed by atoms with Gasteiger partial charge in [-0.15, -0.1) is 0 Å². The molecule has 2 aliphatic heterocycles. The maximum Gasteiger partial charge on any atom is 0.412 e. The molecule has 0 spiro atoms. The summed E-state index contributed by atoms with van der Waals surface area (Å²) in [5, 5.41) is 13.6. The third-order valence-corrected chi connectivity index (χ3v) is 8.01. The Balaban J connectivity index is 1.57. The van der Waals surface area contributed by atoms with E-state index in [0.29, 0.717) is 18.7 Å². The van der Waals surface area contributed by atoms with E-state index in [2.05, 4.69) is 21.3 Å². The predicted molar refractivity (Wildman–Crippen MR) is 162 cm³/mol. The molecule has 2 aliphatic rings. The summed E-state index contributed by atoms with van der Waals surface area (Å²) in [6.45, 7) is 11.7. The van der Waals surface area contributed by atoms with E-state index in [1.807, 2.05) is 71.0 Å². The number of ether oxygens (including phenoxy) is 1. The smallest absolute Gasteiger partial charge is 0.412 e. The Morgan fingerprint density at radius 2 is 1.64 bits per heavy atom. The number of likely N-dealkylation sites (N-methyl/N-ethyl adjacent to an activating group) is 1. The van der Waals surface area contributed by atoms with Crippen molar-refractivity contribution in [3.05, 3.63) is 42.5 Å². The minimum atomic E-state index is -0.815. The molecule has 1 unspecified atom stereocenters. The van der Waals surface area contributed by atoms with E-state index < -0.39 is 35.7 Å². The van der Waals surface area contributed by atoms with Crippen molar-refractivity contribution < 1.29 is 23.9 Å². The van der Waals surface area contributed by atoms with Crippen molar-refractivity contribution in [1.82, 2.24) is 25.8 Å². The Hall–Kier alpha value is -3.86. The summed E-state index contributed by atoms with van der Waals surface area (Å²) in [5.41, 5.74) is -0.00810. The molecule has 2 heterocycles. The normalized spacial score (nSPS) is 21.6. The maximum atomic E-state index is 14.1. The molecule has 5 atom stereocenters. The Bertz CT molecular complexity index is 1320. The molecule has 2 aromatic rings. The first-order valence-corrected chi connectivity index (χ1v) is 14.6. The van der Waals surface area contributed by atoms with Crippen LogP contribution in [0.5, 0.6) is 0 Å². The highest BCUT2D eigenvalue weighted by Gasteiger charge is 2.55. The number of carbonyl (C=O) groups is 4. The van der Waals surface area contributed by atoms with Crippen molar-refractivity contribution in [2.75, 3.05) is 25.5 Å². The van der Waals surface area contributed by atoms with E-state index in [1.165, 1.54) is 0 Å². The van der Waals surface area contributed by atoms with Gasteiger partial charge in [0.1, 0.15) is 12.1 Å². The van der Waals surface area contributed by atoms with Crippen LogP contribution in [-0.2, 0) is 14.3 Å². The Labute approximate surface area is 247 Å². The number of hydrogen-bond acceptors (Lipinski definition) is 6. The van der Waals surface area contributed by atoms with Crippen LogP contribution in [-0.4, -0.2) is 90.2 Å². The van der Waals surface area contributed by atoms with Crippen LogP contribution < -0.4 is 21.3 Å². The average Bonchev–Trinajstić information content (AvgIpc) is 3.51. The molecule has 42 heavy (non-hydrogen) atoms. The largest absolute Gasteiger partial charge is 0.442 e. The van der Waals surface area contributed by atoms with Crippen LogP contribution in [0.3, 0.4) is 0 Å². The summed E-state index contributed by atoms with van der Waals surface area (Å²) >= 11 is 0. The Morgan fingerprint density at radius 3 is 2.29 bits per heavy atom. The molecular formula is C31H44N6O5. The highest BCUT2D eigenvalue weighted by Crippen LogP contribution is 2.36. The van der Waals surface area contributed by atoms with Gasteiger partial charge in [0, 0.05) is 18.3 Å². The summed E-state index contributed by atoms with van der Waals surface area (Å²) in [6.07, 6.45) is -0.887. The number of fused-ring (bicyclic) bond motifs is 2. The fourth-order valence-electron chi connectivity index (χ4n) is 5.72. The standard InChI is InChI=1S/C31H44N6O5/c1-18(2)33-29(40)37-17-24(42-30(41)34-22-13-12-20-10-8-9-11-21(20)16-22)25-23(37)14-15-36(25)28(39)26(31(4,5)6)35-27(38)19(3)32-7/h8-13,16,18-19,23-26,32H,14-15,17H2,1-7H3,(H,33,40)(H,34,41)(H,35,38)/t19-,23+,24-,25-,26?/m0/s1. The monoisotopic (exact) mass is 580 g/mol. The fourth-order valence-corrected chi connectivity index (χ4v) is 5.72. The van der Waals surface area contributed by atoms with E-state index in [4.69, 9.17) is 4.74 Å². The van der Waals surface area contributed by atoms with Crippen molar-refractivity contribution in [2.24, 2.45) is 5.41 Å². The lowest BCUT2D eigenvalue weighted by Gasteiger charge is -2.37. The molecule has 11 heteroatoms. The van der Waals surface area contributed by atoms with Crippen LogP contribution in [0.25, 0.3) is 10.8 Å². The van der Waals surface area contributed by atoms with E-state index in [0.717, 1.165) is 10.8 Å². The summed E-state index contributed by atoms with van der Waals surface area (Å²) in [6, 6.07) is 10.9. The SMILES string of the molecule is CN[C@@H](C)C(=O)NC(C(=O)N1CC[C@@H]2[C@H]1[C@@H](OC(=O)Nc1ccc3ccccc3c1)CN2C(=O)NC(C)C)C(C)(C)C. The minimum Gasteiger partial charge on any atom is -0.442 e. The third kappa shape index (κ3) is 6.78. The number of amides is 5. The van der Waals surface area contributed by atoms with Crippen molar-refractivity contribution >= 4 is 40.4 Å². The number of anilines is 1. The fraction of sp³-hybridized carbons (Fsp3) is 0.548. The van der Waals surface area contributed by atoms with Crippen LogP contribution in [0.4, 0.5) is 15.3 Å². The summed E-state index contributed by atoms with van der Waals surface area (Å²) in [4.78, 5) is 56.6. The first-order valence-electron chi connectivity index (χ1n) is 14.6. The van der Waals surface area contributed by atoms with Gasteiger partial charge in [-0.1, -0.05) is 51.1 Å². The van der Waals surface area contributed by atoms with Gasteiger partial charge in [0.2, 0.25) is 11.8 Å². The van der Waals surface area contributed by atoms with Gasteiger partial charge in [-0.2, -0.15) is 0 Å². The molecule has 2 saturated heterocycles. The predicted octanol–water partition coefficient (Wildman–Crippen LogP) is 3.30. The van der Waals surface area contributed by atoms with Crippen LogP contribution in [0.15, 0.2) is 42.5 Å². The number of carbonyl (C=O) groups excluding carboxylic acids is 4. The second-order valence-electron chi connectivity index (χ2n) is 12.6. The molecule has 4 rings (SSSR count). The average molecular weight is 581 g/mol. The van der Waals surface area contributed by atoms with Gasteiger partial charge in [0.15, 0.2) is 0 Å². The molecule has 11 nitrogen and oxygen atoms in total. The third-order valence-electron chi connectivity index (χ3n) is 8.01. The van der Waals surface area contributed by atoms with E-state index in [1.54, 1.807) is 29.8 Å². The summed E-state index contributed by atoms with van der Waals surface area (Å²) < 4.78 is 5.95. The summed E-state index contributed by atoms with van der Waals surface area (Å²) in [7, 11) is 1.68. The second kappa shape index (κ2) is 12.6. The van der Waals surface area contributed by atoms with E-state index in [9.17, 15) is 19.2 Å². The highest BCUT2D eigenvalue weighted by molar-refractivity contribution is 5.92. The molecule has 2 aromatic carbocycles. The molecule has 0 radical (unpaired) electrons. The number of benzene rings is 2. The summed E-state index contributed by atoms with van der Waals surface area (Å²) in [5.74, 6) is -0.547. The molecule has 0 bridgehead atoms. The van der Waals surface area contributed by atoms with E-state index in [-0.39, 0.29) is 36.5 Å². The molecule has 5 amide bonds. The van der Waals surface area contributed by atoms with Gasteiger partial charge in [-0.3, -0.25) is 14.9 Å². The Morgan fingerprint density at radius 1 is 0.952 bits per heavy atom. The van der Waals surface area contributed by atoms with Crippen LogP contribution >= 0.6 is 0 Å². The molecule has 0 aliphatic carbocycles. The van der Waals surface area contributed by atoms with Gasteiger partial charge in [0.25, 0.3) is 0 Å². The quantitative estimate of drug-likeness (QED) is 0.398.